The Labute approximate surface area is 86.8 Å². The van der Waals surface area contributed by atoms with Gasteiger partial charge in [-0.25, -0.2) is 0 Å². The van der Waals surface area contributed by atoms with E-state index in [1.807, 2.05) is 0 Å². The largest absolute Gasteiger partial charge is 0.328 e. The van der Waals surface area contributed by atoms with Gasteiger partial charge in [0.05, 0.1) is 0 Å². The minimum Gasteiger partial charge on any atom is -0.328 e. The van der Waals surface area contributed by atoms with Crippen LogP contribution in [0.3, 0.4) is 0 Å². The Kier molecular flexibility index (Phi) is 1.94. The normalized spacial score (nSPS) is 45.4. The predicted molar refractivity (Wildman–Crippen MR) is 58.1 cm³/mol. The van der Waals surface area contributed by atoms with Crippen molar-refractivity contribution in [3.8, 4) is 0 Å². The van der Waals surface area contributed by atoms with Crippen molar-refractivity contribution in [2.45, 2.75) is 63.6 Å². The predicted octanol–water partition coefficient (Wildman–Crippen LogP) is 1.74. The molecule has 0 spiro atoms. The Hall–Kier alpha value is -0.0800. The van der Waals surface area contributed by atoms with E-state index in [0.717, 1.165) is 12.1 Å². The molecule has 3 fully saturated rings. The third-order valence-corrected chi connectivity index (χ3v) is 4.59. The van der Waals surface area contributed by atoms with Crippen LogP contribution < -0.4 is 5.73 Å². The maximum Gasteiger partial charge on any atom is 0.0114 e. The maximum absolute atomic E-state index is 6.07. The molecule has 3 atom stereocenters. The minimum absolute atomic E-state index is 0.496. The van der Waals surface area contributed by atoms with Gasteiger partial charge in [-0.2, -0.15) is 0 Å². The van der Waals surface area contributed by atoms with E-state index >= 15 is 0 Å². The van der Waals surface area contributed by atoms with Crippen molar-refractivity contribution in [1.82, 2.24) is 4.90 Å². The molecule has 1 saturated carbocycles. The fraction of sp³-hybridized carbons (Fsp3) is 1.00. The average molecular weight is 194 g/mol. The summed E-state index contributed by atoms with van der Waals surface area (Å²) in [6, 6.07) is 2.16. The van der Waals surface area contributed by atoms with E-state index in [1.54, 1.807) is 0 Å². The highest BCUT2D eigenvalue weighted by molar-refractivity contribution is 5.01. The van der Waals surface area contributed by atoms with Gasteiger partial charge in [-0.15, -0.1) is 0 Å². The molecule has 1 unspecified atom stereocenters. The third-order valence-electron chi connectivity index (χ3n) is 4.59. The zero-order valence-corrected chi connectivity index (χ0v) is 9.21. The van der Waals surface area contributed by atoms with Crippen molar-refractivity contribution in [3.63, 3.8) is 0 Å². The van der Waals surface area contributed by atoms with Gasteiger partial charge in [0.25, 0.3) is 0 Å². The summed E-state index contributed by atoms with van der Waals surface area (Å²) in [4.78, 5) is 2.79. The summed E-state index contributed by atoms with van der Waals surface area (Å²) in [6.07, 6.45) is 8.24. The number of fused-ring (bicyclic) bond motifs is 2. The lowest BCUT2D eigenvalue weighted by Gasteiger charge is -2.39. The van der Waals surface area contributed by atoms with E-state index in [9.17, 15) is 0 Å². The third kappa shape index (κ3) is 1.49. The van der Waals surface area contributed by atoms with E-state index < -0.39 is 0 Å². The molecular weight excluding hydrogens is 172 g/mol. The Bertz CT molecular complexity index is 220. The van der Waals surface area contributed by atoms with Crippen LogP contribution >= 0.6 is 0 Å². The summed E-state index contributed by atoms with van der Waals surface area (Å²) in [6.45, 7) is 3.80. The number of rotatable bonds is 2. The Balaban J connectivity index is 1.69. The van der Waals surface area contributed by atoms with E-state index in [1.165, 1.54) is 45.1 Å². The van der Waals surface area contributed by atoms with Crippen molar-refractivity contribution in [1.29, 1.82) is 0 Å². The van der Waals surface area contributed by atoms with Gasteiger partial charge in [-0.3, -0.25) is 4.90 Å². The molecule has 1 aliphatic carbocycles. The molecule has 2 aliphatic heterocycles. The molecule has 2 nitrogen and oxygen atoms in total. The molecule has 2 N–H and O–H groups in total. The molecule has 14 heavy (non-hydrogen) atoms. The first kappa shape index (κ1) is 9.17. The van der Waals surface area contributed by atoms with Crippen LogP contribution in [0, 0.1) is 5.41 Å². The molecular formula is C12H22N2. The van der Waals surface area contributed by atoms with Crippen LogP contribution in [-0.2, 0) is 0 Å². The summed E-state index contributed by atoms with van der Waals surface area (Å²) < 4.78 is 0. The Morgan fingerprint density at radius 1 is 1.21 bits per heavy atom. The molecule has 3 rings (SSSR count). The zero-order chi connectivity index (χ0) is 9.76. The van der Waals surface area contributed by atoms with Crippen LogP contribution in [0.25, 0.3) is 0 Å². The monoisotopic (exact) mass is 194 g/mol. The average Bonchev–Trinajstić information content (AvgIpc) is 2.80. The summed E-state index contributed by atoms with van der Waals surface area (Å²) in [5.74, 6) is 0. The van der Waals surface area contributed by atoms with Crippen LogP contribution in [-0.4, -0.2) is 29.6 Å². The van der Waals surface area contributed by atoms with Gasteiger partial charge in [0.1, 0.15) is 0 Å². The SMILES string of the molecule is CC1(CN2[C@@H]3CC[C@H]2CC(N)C3)CC1. The summed E-state index contributed by atoms with van der Waals surface area (Å²) in [5, 5.41) is 0. The fourth-order valence-electron chi connectivity index (χ4n) is 3.39. The van der Waals surface area contributed by atoms with E-state index in [-0.39, 0.29) is 0 Å². The lowest BCUT2D eigenvalue weighted by atomic mass is 9.96. The van der Waals surface area contributed by atoms with E-state index in [2.05, 4.69) is 11.8 Å². The van der Waals surface area contributed by atoms with Crippen LogP contribution in [0.5, 0.6) is 0 Å². The number of hydrogen-bond donors (Lipinski definition) is 1. The van der Waals surface area contributed by atoms with Crippen molar-refractivity contribution in [2.24, 2.45) is 11.1 Å². The molecule has 80 valence electrons. The van der Waals surface area contributed by atoms with Crippen LogP contribution in [0.4, 0.5) is 0 Å². The molecule has 0 aromatic carbocycles. The van der Waals surface area contributed by atoms with Crippen LogP contribution in [0.1, 0.15) is 45.4 Å². The highest BCUT2D eigenvalue weighted by Gasteiger charge is 2.46. The van der Waals surface area contributed by atoms with Crippen molar-refractivity contribution in [2.75, 3.05) is 6.54 Å². The first-order chi connectivity index (χ1) is 6.66. The van der Waals surface area contributed by atoms with Crippen LogP contribution in [0.15, 0.2) is 0 Å². The second kappa shape index (κ2) is 2.96. The molecule has 2 bridgehead atoms. The van der Waals surface area contributed by atoms with Crippen molar-refractivity contribution < 1.29 is 0 Å². The lowest BCUT2D eigenvalue weighted by Crippen LogP contribution is -2.49. The molecule has 2 saturated heterocycles. The molecule has 2 heterocycles. The summed E-state index contributed by atoms with van der Waals surface area (Å²) in [5.41, 5.74) is 6.75. The lowest BCUT2D eigenvalue weighted by molar-refractivity contribution is 0.105. The quantitative estimate of drug-likeness (QED) is 0.725. The molecule has 0 aromatic rings. The molecule has 3 aliphatic rings. The smallest absolute Gasteiger partial charge is 0.0114 e. The number of nitrogens with two attached hydrogens (primary N) is 1. The Morgan fingerprint density at radius 2 is 1.79 bits per heavy atom. The molecule has 0 amide bonds. The first-order valence-corrected chi connectivity index (χ1v) is 6.18. The van der Waals surface area contributed by atoms with Crippen LogP contribution in [0.2, 0.25) is 0 Å². The van der Waals surface area contributed by atoms with Gasteiger partial charge in [0, 0.05) is 24.7 Å². The van der Waals surface area contributed by atoms with Gasteiger partial charge in [-0.05, 0) is 43.9 Å². The van der Waals surface area contributed by atoms with Gasteiger partial charge < -0.3 is 5.73 Å². The maximum atomic E-state index is 6.07. The highest BCUT2D eigenvalue weighted by atomic mass is 15.2. The van der Waals surface area contributed by atoms with Gasteiger partial charge in [0.15, 0.2) is 0 Å². The van der Waals surface area contributed by atoms with E-state index in [4.69, 9.17) is 5.73 Å². The van der Waals surface area contributed by atoms with Gasteiger partial charge in [0.2, 0.25) is 0 Å². The second-order valence-electron chi connectivity index (χ2n) is 6.10. The number of piperidine rings is 1. The Morgan fingerprint density at radius 3 is 2.29 bits per heavy atom. The zero-order valence-electron chi connectivity index (χ0n) is 9.21. The van der Waals surface area contributed by atoms with Crippen molar-refractivity contribution in [3.05, 3.63) is 0 Å². The van der Waals surface area contributed by atoms with E-state index in [0.29, 0.717) is 11.5 Å². The molecule has 2 heteroatoms. The fourth-order valence-corrected chi connectivity index (χ4v) is 3.39. The van der Waals surface area contributed by atoms with Gasteiger partial charge in [-0.1, -0.05) is 6.92 Å². The highest BCUT2D eigenvalue weighted by Crippen LogP contribution is 2.48. The summed E-state index contributed by atoms with van der Waals surface area (Å²) in [7, 11) is 0. The van der Waals surface area contributed by atoms with Crippen molar-refractivity contribution >= 4 is 0 Å². The second-order valence-corrected chi connectivity index (χ2v) is 6.10. The molecule has 0 aromatic heterocycles. The topological polar surface area (TPSA) is 29.3 Å². The summed E-state index contributed by atoms with van der Waals surface area (Å²) >= 11 is 0. The standard InChI is InChI=1S/C12H22N2/c1-12(4-5-12)8-14-10-2-3-11(14)7-9(13)6-10/h9-11H,2-8,13H2,1H3/t9?,10-,11+. The first-order valence-electron chi connectivity index (χ1n) is 6.18. The molecule has 0 radical (unpaired) electrons. The number of hydrogen-bond acceptors (Lipinski definition) is 2. The minimum atomic E-state index is 0.496. The number of nitrogens with zero attached hydrogens (tertiary/aromatic N) is 1. The van der Waals surface area contributed by atoms with Gasteiger partial charge >= 0.3 is 0 Å².